The first-order valence-electron chi connectivity index (χ1n) is 5.97. The van der Waals surface area contributed by atoms with E-state index in [1.165, 1.54) is 0 Å². The van der Waals surface area contributed by atoms with Gasteiger partial charge in [0.15, 0.2) is 0 Å². The van der Waals surface area contributed by atoms with Gasteiger partial charge in [-0.2, -0.15) is 0 Å². The van der Waals surface area contributed by atoms with Gasteiger partial charge in [0, 0.05) is 17.6 Å². The van der Waals surface area contributed by atoms with Crippen molar-refractivity contribution < 1.29 is 8.42 Å². The third-order valence-corrected chi connectivity index (χ3v) is 5.21. The third kappa shape index (κ3) is 4.35. The number of nitrogens with zero attached hydrogens (tertiary/aromatic N) is 1. The molecule has 1 N–H and O–H groups in total. The molecule has 0 saturated carbocycles. The highest BCUT2D eigenvalue weighted by Gasteiger charge is 2.16. The average molecular weight is 335 g/mol. The van der Waals surface area contributed by atoms with Crippen molar-refractivity contribution in [1.82, 2.24) is 9.62 Å². The van der Waals surface area contributed by atoms with Gasteiger partial charge >= 0.3 is 0 Å². The minimum atomic E-state index is -3.43. The molecule has 0 bridgehead atoms. The molecule has 0 heterocycles. The highest BCUT2D eigenvalue weighted by Crippen LogP contribution is 2.20. The zero-order valence-electron chi connectivity index (χ0n) is 10.7. The van der Waals surface area contributed by atoms with E-state index in [4.69, 9.17) is 0 Å². The molecule has 1 aromatic carbocycles. The molecule has 1 rings (SSSR count). The van der Waals surface area contributed by atoms with Gasteiger partial charge < -0.3 is 4.90 Å². The lowest BCUT2D eigenvalue weighted by atomic mass is 10.4. The van der Waals surface area contributed by atoms with E-state index in [9.17, 15) is 8.42 Å². The molecule has 0 atom stereocenters. The van der Waals surface area contributed by atoms with Crippen LogP contribution in [0.1, 0.15) is 13.8 Å². The Bertz CT molecular complexity index is 473. The molecule has 0 spiro atoms. The Morgan fingerprint density at radius 2 is 1.83 bits per heavy atom. The van der Waals surface area contributed by atoms with Crippen molar-refractivity contribution in [2.45, 2.75) is 18.7 Å². The van der Waals surface area contributed by atoms with E-state index < -0.39 is 10.0 Å². The number of halogens is 1. The SMILES string of the molecule is CCN(CC)CCNS(=O)(=O)c1ccccc1Br. The van der Waals surface area contributed by atoms with E-state index in [0.29, 0.717) is 11.0 Å². The van der Waals surface area contributed by atoms with Gasteiger partial charge in [0.1, 0.15) is 0 Å². The van der Waals surface area contributed by atoms with Crippen molar-refractivity contribution in [2.75, 3.05) is 26.2 Å². The van der Waals surface area contributed by atoms with Gasteiger partial charge in [0.05, 0.1) is 4.90 Å². The Balaban J connectivity index is 2.64. The summed E-state index contributed by atoms with van der Waals surface area (Å²) in [6.45, 7) is 7.11. The molecule has 0 saturated heterocycles. The van der Waals surface area contributed by atoms with Crippen LogP contribution in [0.5, 0.6) is 0 Å². The van der Waals surface area contributed by atoms with Crippen LogP contribution < -0.4 is 4.72 Å². The van der Waals surface area contributed by atoms with Crippen molar-refractivity contribution in [3.63, 3.8) is 0 Å². The van der Waals surface area contributed by atoms with Crippen molar-refractivity contribution in [2.24, 2.45) is 0 Å². The van der Waals surface area contributed by atoms with Crippen LogP contribution in [0.15, 0.2) is 33.6 Å². The molecule has 0 fully saturated rings. The van der Waals surface area contributed by atoms with E-state index in [1.807, 2.05) is 0 Å². The Labute approximate surface area is 118 Å². The predicted octanol–water partition coefficient (Wildman–Crippen LogP) is 2.07. The molecule has 6 heteroatoms. The van der Waals surface area contributed by atoms with Crippen molar-refractivity contribution in [3.05, 3.63) is 28.7 Å². The lowest BCUT2D eigenvalue weighted by Crippen LogP contribution is -2.34. The molecule has 0 radical (unpaired) electrons. The maximum absolute atomic E-state index is 12.1. The first kappa shape index (κ1) is 15.6. The van der Waals surface area contributed by atoms with Gasteiger partial charge in [-0.15, -0.1) is 0 Å². The van der Waals surface area contributed by atoms with E-state index in [0.717, 1.165) is 19.6 Å². The lowest BCUT2D eigenvalue weighted by molar-refractivity contribution is 0.309. The second kappa shape index (κ2) is 7.23. The highest BCUT2D eigenvalue weighted by atomic mass is 79.9. The topological polar surface area (TPSA) is 49.4 Å². The Kier molecular flexibility index (Phi) is 6.28. The van der Waals surface area contributed by atoms with Gasteiger partial charge in [-0.05, 0) is 41.2 Å². The molecule has 1 aromatic rings. The van der Waals surface area contributed by atoms with Crippen LogP contribution in [0, 0.1) is 0 Å². The summed E-state index contributed by atoms with van der Waals surface area (Å²) < 4.78 is 27.3. The summed E-state index contributed by atoms with van der Waals surface area (Å²) in [5.74, 6) is 0. The standard InChI is InChI=1S/C12H19BrN2O2S/c1-3-15(4-2)10-9-14-18(16,17)12-8-6-5-7-11(12)13/h5-8,14H,3-4,9-10H2,1-2H3. The number of hydrogen-bond acceptors (Lipinski definition) is 3. The summed E-state index contributed by atoms with van der Waals surface area (Å²) in [6, 6.07) is 6.81. The first-order valence-corrected chi connectivity index (χ1v) is 8.25. The van der Waals surface area contributed by atoms with Gasteiger partial charge in [-0.25, -0.2) is 13.1 Å². The van der Waals surface area contributed by atoms with Gasteiger partial charge in [0.25, 0.3) is 0 Å². The van der Waals surface area contributed by atoms with Crippen molar-refractivity contribution >= 4 is 26.0 Å². The van der Waals surface area contributed by atoms with Gasteiger partial charge in [-0.3, -0.25) is 0 Å². The minimum Gasteiger partial charge on any atom is -0.303 e. The van der Waals surface area contributed by atoms with Crippen LogP contribution in [0.3, 0.4) is 0 Å². The normalized spacial score (nSPS) is 12.0. The molecular formula is C12H19BrN2O2S. The molecule has 4 nitrogen and oxygen atoms in total. The number of hydrogen-bond donors (Lipinski definition) is 1. The molecule has 0 aliphatic rings. The first-order chi connectivity index (χ1) is 8.51. The summed E-state index contributed by atoms with van der Waals surface area (Å²) >= 11 is 3.25. The number of benzene rings is 1. The molecule has 0 unspecified atom stereocenters. The molecule has 18 heavy (non-hydrogen) atoms. The summed E-state index contributed by atoms with van der Waals surface area (Å²) in [5, 5.41) is 0. The molecule has 0 aromatic heterocycles. The third-order valence-electron chi connectivity index (χ3n) is 2.74. The monoisotopic (exact) mass is 334 g/mol. The molecule has 0 amide bonds. The van der Waals surface area contributed by atoms with Crippen LogP contribution in [0.2, 0.25) is 0 Å². The van der Waals surface area contributed by atoms with E-state index in [1.54, 1.807) is 24.3 Å². The van der Waals surface area contributed by atoms with Crippen LogP contribution in [-0.4, -0.2) is 39.5 Å². The number of rotatable bonds is 7. The Morgan fingerprint density at radius 1 is 1.22 bits per heavy atom. The smallest absolute Gasteiger partial charge is 0.241 e. The minimum absolute atomic E-state index is 0.282. The molecule has 0 aliphatic carbocycles. The number of nitrogens with one attached hydrogen (secondary N) is 1. The molecule has 0 aliphatic heterocycles. The Morgan fingerprint density at radius 3 is 2.39 bits per heavy atom. The zero-order valence-corrected chi connectivity index (χ0v) is 13.1. The molecule has 102 valence electrons. The average Bonchev–Trinajstić information content (AvgIpc) is 2.35. The fraction of sp³-hybridized carbons (Fsp3) is 0.500. The predicted molar refractivity (Wildman–Crippen MR) is 77.1 cm³/mol. The van der Waals surface area contributed by atoms with Crippen LogP contribution in [-0.2, 0) is 10.0 Å². The number of likely N-dealkylation sites (N-methyl/N-ethyl adjacent to an activating group) is 1. The van der Waals surface area contributed by atoms with Crippen LogP contribution in [0.4, 0.5) is 0 Å². The van der Waals surface area contributed by atoms with E-state index in [2.05, 4.69) is 39.4 Å². The maximum Gasteiger partial charge on any atom is 0.241 e. The second-order valence-corrected chi connectivity index (χ2v) is 6.44. The Hall–Kier alpha value is -0.430. The highest BCUT2D eigenvalue weighted by molar-refractivity contribution is 9.10. The fourth-order valence-electron chi connectivity index (χ4n) is 1.62. The van der Waals surface area contributed by atoms with E-state index >= 15 is 0 Å². The van der Waals surface area contributed by atoms with Crippen LogP contribution >= 0.6 is 15.9 Å². The summed E-state index contributed by atoms with van der Waals surface area (Å²) in [4.78, 5) is 2.45. The zero-order chi connectivity index (χ0) is 13.6. The quantitative estimate of drug-likeness (QED) is 0.830. The summed E-state index contributed by atoms with van der Waals surface area (Å²) in [6.07, 6.45) is 0. The second-order valence-electron chi connectivity index (χ2n) is 3.86. The summed E-state index contributed by atoms with van der Waals surface area (Å²) in [7, 11) is -3.43. The maximum atomic E-state index is 12.1. The van der Waals surface area contributed by atoms with Gasteiger partial charge in [0.2, 0.25) is 10.0 Å². The van der Waals surface area contributed by atoms with Gasteiger partial charge in [-0.1, -0.05) is 26.0 Å². The van der Waals surface area contributed by atoms with Crippen molar-refractivity contribution in [3.8, 4) is 0 Å². The fourth-order valence-corrected chi connectivity index (χ4v) is 3.64. The van der Waals surface area contributed by atoms with Crippen molar-refractivity contribution in [1.29, 1.82) is 0 Å². The van der Waals surface area contributed by atoms with E-state index in [-0.39, 0.29) is 4.90 Å². The number of sulfonamides is 1. The largest absolute Gasteiger partial charge is 0.303 e. The molecular weight excluding hydrogens is 316 g/mol. The van der Waals surface area contributed by atoms with Crippen LogP contribution in [0.25, 0.3) is 0 Å². The summed E-state index contributed by atoms with van der Waals surface area (Å²) in [5.41, 5.74) is 0. The lowest BCUT2D eigenvalue weighted by Gasteiger charge is -2.18.